The van der Waals surface area contributed by atoms with Crippen LogP contribution in [0.4, 0.5) is 0 Å². The van der Waals surface area contributed by atoms with Crippen molar-refractivity contribution in [2.24, 2.45) is 0 Å². The fourth-order valence-electron chi connectivity index (χ4n) is 2.18. The van der Waals surface area contributed by atoms with Gasteiger partial charge in [0, 0.05) is 0 Å². The third-order valence-electron chi connectivity index (χ3n) is 3.44. The highest BCUT2D eigenvalue weighted by molar-refractivity contribution is 5.27. The standard InChI is InChI=1S/C14H18/c1-12-8-10-14(2,11-9-12)13-6-4-3-5-7-13/h3-8H,9-11H2,1-2H3. The fourth-order valence-corrected chi connectivity index (χ4v) is 2.18. The molecule has 0 spiro atoms. The summed E-state index contributed by atoms with van der Waals surface area (Å²) in [4.78, 5) is 0. The number of benzene rings is 1. The summed E-state index contributed by atoms with van der Waals surface area (Å²) < 4.78 is 0. The van der Waals surface area contributed by atoms with E-state index in [1.807, 2.05) is 0 Å². The molecule has 74 valence electrons. The Hall–Kier alpha value is -1.04. The summed E-state index contributed by atoms with van der Waals surface area (Å²) in [5.41, 5.74) is 3.42. The second-order valence-corrected chi connectivity index (χ2v) is 4.68. The van der Waals surface area contributed by atoms with Crippen molar-refractivity contribution in [1.82, 2.24) is 0 Å². The number of hydrogen-bond acceptors (Lipinski definition) is 0. The topological polar surface area (TPSA) is 0 Å². The van der Waals surface area contributed by atoms with E-state index in [0.717, 1.165) is 0 Å². The normalized spacial score (nSPS) is 27.1. The Morgan fingerprint density at radius 1 is 1.14 bits per heavy atom. The average molecular weight is 186 g/mol. The van der Waals surface area contributed by atoms with Gasteiger partial charge in [0.05, 0.1) is 0 Å². The Labute approximate surface area is 86.7 Å². The lowest BCUT2D eigenvalue weighted by Gasteiger charge is -2.32. The largest absolute Gasteiger partial charge is 0.0847 e. The quantitative estimate of drug-likeness (QED) is 0.580. The van der Waals surface area contributed by atoms with Gasteiger partial charge in [-0.1, -0.05) is 48.9 Å². The van der Waals surface area contributed by atoms with E-state index in [0.29, 0.717) is 5.41 Å². The molecule has 0 aliphatic heterocycles. The summed E-state index contributed by atoms with van der Waals surface area (Å²) in [7, 11) is 0. The van der Waals surface area contributed by atoms with Gasteiger partial charge in [0.25, 0.3) is 0 Å². The molecule has 0 saturated heterocycles. The summed E-state index contributed by atoms with van der Waals surface area (Å²) in [5.74, 6) is 0. The highest BCUT2D eigenvalue weighted by Crippen LogP contribution is 2.37. The van der Waals surface area contributed by atoms with Crippen LogP contribution < -0.4 is 0 Å². The van der Waals surface area contributed by atoms with Gasteiger partial charge in [0.2, 0.25) is 0 Å². The van der Waals surface area contributed by atoms with E-state index < -0.39 is 0 Å². The Morgan fingerprint density at radius 2 is 1.86 bits per heavy atom. The second kappa shape index (κ2) is 3.61. The first-order valence-electron chi connectivity index (χ1n) is 5.42. The van der Waals surface area contributed by atoms with Crippen LogP contribution in [0.5, 0.6) is 0 Å². The Morgan fingerprint density at radius 3 is 2.43 bits per heavy atom. The van der Waals surface area contributed by atoms with Gasteiger partial charge in [0.15, 0.2) is 0 Å². The molecule has 2 rings (SSSR count). The molecule has 1 aliphatic rings. The van der Waals surface area contributed by atoms with Crippen LogP contribution in [0.3, 0.4) is 0 Å². The predicted octanol–water partition coefficient (Wildman–Crippen LogP) is 4.07. The van der Waals surface area contributed by atoms with E-state index in [9.17, 15) is 0 Å². The minimum atomic E-state index is 0.376. The van der Waals surface area contributed by atoms with Crippen molar-refractivity contribution < 1.29 is 0 Å². The summed E-state index contributed by atoms with van der Waals surface area (Å²) in [6.07, 6.45) is 6.14. The lowest BCUT2D eigenvalue weighted by Crippen LogP contribution is -2.23. The van der Waals surface area contributed by atoms with E-state index in [1.54, 1.807) is 5.57 Å². The first-order chi connectivity index (χ1) is 6.71. The second-order valence-electron chi connectivity index (χ2n) is 4.68. The highest BCUT2D eigenvalue weighted by atomic mass is 14.3. The van der Waals surface area contributed by atoms with Crippen LogP contribution in [0.15, 0.2) is 42.0 Å². The molecule has 0 heteroatoms. The number of allylic oxidation sites excluding steroid dienone is 2. The van der Waals surface area contributed by atoms with E-state index in [2.05, 4.69) is 50.3 Å². The summed E-state index contributed by atoms with van der Waals surface area (Å²) in [6, 6.07) is 10.9. The van der Waals surface area contributed by atoms with Gasteiger partial charge in [-0.2, -0.15) is 0 Å². The maximum atomic E-state index is 2.40. The molecule has 1 aliphatic carbocycles. The van der Waals surface area contributed by atoms with Crippen LogP contribution in [-0.2, 0) is 5.41 Å². The van der Waals surface area contributed by atoms with Crippen LogP contribution in [0.2, 0.25) is 0 Å². The lowest BCUT2D eigenvalue weighted by atomic mass is 9.72. The minimum absolute atomic E-state index is 0.376. The van der Waals surface area contributed by atoms with Crippen LogP contribution in [0.1, 0.15) is 38.7 Å². The van der Waals surface area contributed by atoms with Crippen molar-refractivity contribution in [2.45, 2.75) is 38.5 Å². The maximum Gasteiger partial charge on any atom is -0.00377 e. The summed E-state index contributed by atoms with van der Waals surface area (Å²) >= 11 is 0. The summed E-state index contributed by atoms with van der Waals surface area (Å²) in [5, 5.41) is 0. The highest BCUT2D eigenvalue weighted by Gasteiger charge is 2.27. The van der Waals surface area contributed by atoms with Crippen LogP contribution in [-0.4, -0.2) is 0 Å². The van der Waals surface area contributed by atoms with Gasteiger partial charge in [-0.3, -0.25) is 0 Å². The van der Waals surface area contributed by atoms with Crippen molar-refractivity contribution in [3.05, 3.63) is 47.5 Å². The Balaban J connectivity index is 2.26. The van der Waals surface area contributed by atoms with Gasteiger partial charge in [0.1, 0.15) is 0 Å². The van der Waals surface area contributed by atoms with Crippen molar-refractivity contribution in [3.63, 3.8) is 0 Å². The molecule has 0 saturated carbocycles. The maximum absolute atomic E-state index is 2.40. The predicted molar refractivity (Wildman–Crippen MR) is 61.4 cm³/mol. The van der Waals surface area contributed by atoms with Crippen LogP contribution in [0, 0.1) is 0 Å². The van der Waals surface area contributed by atoms with E-state index in [1.165, 1.54) is 24.8 Å². The molecule has 1 aromatic rings. The smallest absolute Gasteiger partial charge is 0.00377 e. The molecular weight excluding hydrogens is 168 g/mol. The monoisotopic (exact) mass is 186 g/mol. The molecule has 0 aromatic heterocycles. The molecule has 0 fully saturated rings. The SMILES string of the molecule is CC1=CCC(C)(c2ccccc2)CC1. The molecule has 0 amide bonds. The molecule has 0 N–H and O–H groups in total. The molecule has 1 unspecified atom stereocenters. The molecule has 0 nitrogen and oxygen atoms in total. The zero-order chi connectivity index (χ0) is 10.0. The molecule has 1 aromatic carbocycles. The minimum Gasteiger partial charge on any atom is -0.0847 e. The van der Waals surface area contributed by atoms with Crippen molar-refractivity contribution in [3.8, 4) is 0 Å². The van der Waals surface area contributed by atoms with Gasteiger partial charge in [-0.05, 0) is 37.2 Å². The Kier molecular flexibility index (Phi) is 2.45. The van der Waals surface area contributed by atoms with Gasteiger partial charge >= 0.3 is 0 Å². The van der Waals surface area contributed by atoms with Gasteiger partial charge in [-0.15, -0.1) is 0 Å². The molecular formula is C14H18. The first kappa shape index (κ1) is 9.51. The third-order valence-corrected chi connectivity index (χ3v) is 3.44. The van der Waals surface area contributed by atoms with Crippen molar-refractivity contribution in [2.75, 3.05) is 0 Å². The fraction of sp³-hybridized carbons (Fsp3) is 0.429. The number of hydrogen-bond donors (Lipinski definition) is 0. The molecule has 14 heavy (non-hydrogen) atoms. The Bertz CT molecular complexity index is 334. The average Bonchev–Trinajstić information content (AvgIpc) is 2.24. The number of rotatable bonds is 1. The summed E-state index contributed by atoms with van der Waals surface area (Å²) in [6.45, 7) is 4.62. The van der Waals surface area contributed by atoms with Crippen LogP contribution in [0.25, 0.3) is 0 Å². The lowest BCUT2D eigenvalue weighted by molar-refractivity contribution is 0.419. The zero-order valence-corrected chi connectivity index (χ0v) is 9.09. The molecule has 0 heterocycles. The first-order valence-corrected chi connectivity index (χ1v) is 5.42. The van der Waals surface area contributed by atoms with Gasteiger partial charge in [-0.25, -0.2) is 0 Å². The molecule has 0 radical (unpaired) electrons. The van der Waals surface area contributed by atoms with E-state index >= 15 is 0 Å². The molecule has 0 bridgehead atoms. The van der Waals surface area contributed by atoms with E-state index in [4.69, 9.17) is 0 Å². The third kappa shape index (κ3) is 1.75. The molecule has 1 atom stereocenters. The van der Waals surface area contributed by atoms with Crippen molar-refractivity contribution in [1.29, 1.82) is 0 Å². The van der Waals surface area contributed by atoms with Crippen LogP contribution >= 0.6 is 0 Å². The van der Waals surface area contributed by atoms with E-state index in [-0.39, 0.29) is 0 Å². The van der Waals surface area contributed by atoms with Crippen molar-refractivity contribution >= 4 is 0 Å². The van der Waals surface area contributed by atoms with Gasteiger partial charge < -0.3 is 0 Å². The zero-order valence-electron chi connectivity index (χ0n) is 9.09.